The summed E-state index contributed by atoms with van der Waals surface area (Å²) in [5, 5.41) is 7.53. The molecule has 0 atom stereocenters. The Morgan fingerprint density at radius 2 is 2.38 bits per heavy atom. The zero-order valence-electron chi connectivity index (χ0n) is 10.1. The summed E-state index contributed by atoms with van der Waals surface area (Å²) < 4.78 is 6.42. The molecule has 0 radical (unpaired) electrons. The molecule has 0 aliphatic carbocycles. The van der Waals surface area contributed by atoms with Crippen molar-refractivity contribution in [2.24, 2.45) is 7.05 Å². The molecule has 0 fully saturated rings. The number of carbonyl (C=O) groups excluding carboxylic acids is 1. The van der Waals surface area contributed by atoms with Crippen molar-refractivity contribution in [2.45, 2.75) is 26.3 Å². The van der Waals surface area contributed by atoms with Crippen molar-refractivity contribution in [3.05, 3.63) is 17.5 Å². The summed E-state index contributed by atoms with van der Waals surface area (Å²) in [7, 11) is 3.33. The van der Waals surface area contributed by atoms with E-state index in [2.05, 4.69) is 28.1 Å². The zero-order chi connectivity index (χ0) is 12.0. The van der Waals surface area contributed by atoms with Gasteiger partial charge in [-0.05, 0) is 12.5 Å². The third-order valence-electron chi connectivity index (χ3n) is 2.43. The Morgan fingerprint density at radius 3 is 2.94 bits per heavy atom. The molecular weight excluding hydrogens is 206 g/mol. The van der Waals surface area contributed by atoms with Crippen molar-refractivity contribution in [3.8, 4) is 0 Å². The number of nitrogens with one attached hydrogen (secondary N) is 1. The largest absolute Gasteiger partial charge is 0.469 e. The molecule has 0 aromatic carbocycles. The zero-order valence-corrected chi connectivity index (χ0v) is 10.1. The monoisotopic (exact) mass is 225 g/mol. The average Bonchev–Trinajstić information content (AvgIpc) is 2.65. The maximum absolute atomic E-state index is 10.9. The maximum atomic E-state index is 10.9. The number of rotatable bonds is 6. The summed E-state index contributed by atoms with van der Waals surface area (Å²) in [5.74, 6) is -0.188. The summed E-state index contributed by atoms with van der Waals surface area (Å²) >= 11 is 0. The Bertz CT molecular complexity index is 347. The van der Waals surface area contributed by atoms with E-state index in [1.54, 1.807) is 0 Å². The van der Waals surface area contributed by atoms with Crippen LogP contribution in [0, 0.1) is 0 Å². The van der Waals surface area contributed by atoms with E-state index >= 15 is 0 Å². The van der Waals surface area contributed by atoms with E-state index in [1.165, 1.54) is 7.11 Å². The highest BCUT2D eigenvalue weighted by molar-refractivity contribution is 5.69. The van der Waals surface area contributed by atoms with Gasteiger partial charge in [0.05, 0.1) is 24.9 Å². The van der Waals surface area contributed by atoms with Crippen LogP contribution >= 0.6 is 0 Å². The molecule has 5 heteroatoms. The molecular formula is C11H19N3O2. The van der Waals surface area contributed by atoms with Gasteiger partial charge in [-0.15, -0.1) is 0 Å². The lowest BCUT2D eigenvalue weighted by atomic mass is 10.3. The molecule has 1 heterocycles. The molecule has 1 aromatic heterocycles. The standard InChI is InChI=1S/C11H19N3O2/c1-4-9-7-10(14(2)13-9)8-12-6-5-11(15)16-3/h7,12H,4-6,8H2,1-3H3. The first-order valence-electron chi connectivity index (χ1n) is 5.46. The first kappa shape index (κ1) is 12.7. The van der Waals surface area contributed by atoms with Gasteiger partial charge in [-0.1, -0.05) is 6.92 Å². The molecule has 1 N–H and O–H groups in total. The van der Waals surface area contributed by atoms with Crippen LogP contribution in [0.25, 0.3) is 0 Å². The van der Waals surface area contributed by atoms with Gasteiger partial charge in [-0.3, -0.25) is 9.48 Å². The maximum Gasteiger partial charge on any atom is 0.306 e. The van der Waals surface area contributed by atoms with Crippen molar-refractivity contribution in [1.82, 2.24) is 15.1 Å². The molecule has 0 saturated heterocycles. The van der Waals surface area contributed by atoms with E-state index in [0.29, 0.717) is 13.0 Å². The third-order valence-corrected chi connectivity index (χ3v) is 2.43. The highest BCUT2D eigenvalue weighted by Crippen LogP contribution is 2.03. The summed E-state index contributed by atoms with van der Waals surface area (Å²) in [6, 6.07) is 2.07. The first-order valence-corrected chi connectivity index (χ1v) is 5.46. The Balaban J connectivity index is 2.31. The molecule has 0 spiro atoms. The van der Waals surface area contributed by atoms with Gasteiger partial charge >= 0.3 is 5.97 Å². The number of nitrogens with zero attached hydrogens (tertiary/aromatic N) is 2. The molecule has 0 amide bonds. The van der Waals surface area contributed by atoms with Crippen LogP contribution in [-0.2, 0) is 29.5 Å². The number of aromatic nitrogens is 2. The van der Waals surface area contributed by atoms with Crippen molar-refractivity contribution >= 4 is 5.97 Å². The third kappa shape index (κ3) is 3.66. The average molecular weight is 225 g/mol. The van der Waals surface area contributed by atoms with Gasteiger partial charge in [0.1, 0.15) is 0 Å². The van der Waals surface area contributed by atoms with Gasteiger partial charge in [0, 0.05) is 20.1 Å². The number of aryl methyl sites for hydroxylation is 2. The SMILES string of the molecule is CCc1cc(CNCCC(=O)OC)n(C)n1. The Morgan fingerprint density at radius 1 is 1.62 bits per heavy atom. The minimum Gasteiger partial charge on any atom is -0.469 e. The number of methoxy groups -OCH3 is 1. The van der Waals surface area contributed by atoms with Gasteiger partial charge < -0.3 is 10.1 Å². The lowest BCUT2D eigenvalue weighted by molar-refractivity contribution is -0.140. The van der Waals surface area contributed by atoms with Gasteiger partial charge in [0.25, 0.3) is 0 Å². The molecule has 1 aromatic rings. The van der Waals surface area contributed by atoms with Gasteiger partial charge in [0.2, 0.25) is 0 Å². The van der Waals surface area contributed by atoms with Crippen molar-refractivity contribution in [1.29, 1.82) is 0 Å². The van der Waals surface area contributed by atoms with Crippen LogP contribution in [-0.4, -0.2) is 29.4 Å². The highest BCUT2D eigenvalue weighted by Gasteiger charge is 2.04. The van der Waals surface area contributed by atoms with Crippen LogP contribution < -0.4 is 5.32 Å². The molecule has 0 aliphatic heterocycles. The van der Waals surface area contributed by atoms with E-state index < -0.39 is 0 Å². The second-order valence-corrected chi connectivity index (χ2v) is 3.61. The molecule has 5 nitrogen and oxygen atoms in total. The minimum absolute atomic E-state index is 0.188. The highest BCUT2D eigenvalue weighted by atomic mass is 16.5. The second kappa shape index (κ2) is 6.27. The van der Waals surface area contributed by atoms with E-state index in [9.17, 15) is 4.79 Å². The first-order chi connectivity index (χ1) is 7.67. The lowest BCUT2D eigenvalue weighted by Gasteiger charge is -2.03. The molecule has 1 rings (SSSR count). The van der Waals surface area contributed by atoms with Crippen molar-refractivity contribution in [3.63, 3.8) is 0 Å². The molecule has 0 unspecified atom stereocenters. The number of ether oxygens (including phenoxy) is 1. The Hall–Kier alpha value is -1.36. The summed E-state index contributed by atoms with van der Waals surface area (Å²) in [6.07, 6.45) is 1.34. The van der Waals surface area contributed by atoms with Crippen LogP contribution in [0.1, 0.15) is 24.7 Å². The fraction of sp³-hybridized carbons (Fsp3) is 0.636. The van der Waals surface area contributed by atoms with Crippen molar-refractivity contribution in [2.75, 3.05) is 13.7 Å². The van der Waals surface area contributed by atoms with Crippen LogP contribution in [0.5, 0.6) is 0 Å². The normalized spacial score (nSPS) is 10.4. The molecule has 0 bridgehead atoms. The van der Waals surface area contributed by atoms with Crippen LogP contribution in [0.3, 0.4) is 0 Å². The van der Waals surface area contributed by atoms with Gasteiger partial charge in [-0.25, -0.2) is 0 Å². The topological polar surface area (TPSA) is 56.1 Å². The summed E-state index contributed by atoms with van der Waals surface area (Å²) in [5.41, 5.74) is 2.22. The van der Waals surface area contributed by atoms with Crippen LogP contribution in [0.4, 0.5) is 0 Å². The van der Waals surface area contributed by atoms with Crippen LogP contribution in [0.2, 0.25) is 0 Å². The molecule has 16 heavy (non-hydrogen) atoms. The number of hydrogen-bond donors (Lipinski definition) is 1. The smallest absolute Gasteiger partial charge is 0.306 e. The van der Waals surface area contributed by atoms with Gasteiger partial charge in [-0.2, -0.15) is 5.10 Å². The number of carbonyl (C=O) groups is 1. The lowest BCUT2D eigenvalue weighted by Crippen LogP contribution is -2.19. The quantitative estimate of drug-likeness (QED) is 0.570. The molecule has 0 aliphatic rings. The van der Waals surface area contributed by atoms with E-state index in [-0.39, 0.29) is 5.97 Å². The second-order valence-electron chi connectivity index (χ2n) is 3.61. The fourth-order valence-corrected chi connectivity index (χ4v) is 1.42. The fourth-order valence-electron chi connectivity index (χ4n) is 1.42. The number of hydrogen-bond acceptors (Lipinski definition) is 4. The Kier molecular flexibility index (Phi) is 4.98. The van der Waals surface area contributed by atoms with E-state index in [0.717, 1.165) is 24.4 Å². The summed E-state index contributed by atoms with van der Waals surface area (Å²) in [6.45, 7) is 3.43. The minimum atomic E-state index is -0.188. The van der Waals surface area contributed by atoms with E-state index in [1.807, 2.05) is 11.7 Å². The molecule has 90 valence electrons. The number of esters is 1. The summed E-state index contributed by atoms with van der Waals surface area (Å²) in [4.78, 5) is 10.9. The predicted molar refractivity (Wildman–Crippen MR) is 60.9 cm³/mol. The predicted octanol–water partition coefficient (Wildman–Crippen LogP) is 0.635. The Labute approximate surface area is 95.8 Å². The van der Waals surface area contributed by atoms with Crippen molar-refractivity contribution < 1.29 is 9.53 Å². The van der Waals surface area contributed by atoms with Crippen LogP contribution in [0.15, 0.2) is 6.07 Å². The van der Waals surface area contributed by atoms with Gasteiger partial charge in [0.15, 0.2) is 0 Å². The molecule has 0 saturated carbocycles. The van der Waals surface area contributed by atoms with E-state index in [4.69, 9.17) is 0 Å².